The molecule has 166 valence electrons. The molecular weight excluding hydrogens is 398 g/mol. The highest BCUT2D eigenvalue weighted by atomic mass is 16.6. The highest BCUT2D eigenvalue weighted by molar-refractivity contribution is 5.95. The molecule has 0 unspecified atom stereocenters. The maximum Gasteiger partial charge on any atom is 0.404 e. The first kappa shape index (κ1) is 23.2. The summed E-state index contributed by atoms with van der Waals surface area (Å²) in [6, 6.07) is 2.48. The van der Waals surface area contributed by atoms with Crippen LogP contribution in [0.15, 0.2) is 12.1 Å². The largest absolute Gasteiger partial charge is 0.491 e. The lowest BCUT2D eigenvalue weighted by Crippen LogP contribution is -2.37. The molecule has 0 radical (unpaired) electrons. The number of amides is 2. The van der Waals surface area contributed by atoms with Crippen molar-refractivity contribution in [1.82, 2.24) is 4.90 Å². The SMILES string of the molecule is NC(=O)OCCCNc1c(OCCCN2CCOCC2)cc(C(N)=O)cc1[N+](=O)[O-]. The summed E-state index contributed by atoms with van der Waals surface area (Å²) in [5.74, 6) is -0.631. The van der Waals surface area contributed by atoms with Crippen LogP contribution in [0, 0.1) is 10.1 Å². The summed E-state index contributed by atoms with van der Waals surface area (Å²) in [5.41, 5.74) is 9.99. The maximum absolute atomic E-state index is 11.6. The number of primary amides is 2. The fraction of sp³-hybridized carbons (Fsp3) is 0.556. The van der Waals surface area contributed by atoms with Gasteiger partial charge in [0.1, 0.15) is 5.75 Å². The zero-order valence-corrected chi connectivity index (χ0v) is 16.6. The van der Waals surface area contributed by atoms with E-state index in [4.69, 9.17) is 20.9 Å². The van der Waals surface area contributed by atoms with E-state index in [0.717, 1.165) is 25.7 Å². The first-order valence-electron chi connectivity index (χ1n) is 9.59. The van der Waals surface area contributed by atoms with Gasteiger partial charge in [-0.2, -0.15) is 0 Å². The molecule has 5 N–H and O–H groups in total. The number of rotatable bonds is 12. The van der Waals surface area contributed by atoms with Crippen molar-refractivity contribution < 1.29 is 28.7 Å². The van der Waals surface area contributed by atoms with Crippen LogP contribution in [0.25, 0.3) is 0 Å². The van der Waals surface area contributed by atoms with E-state index in [0.29, 0.717) is 32.7 Å². The van der Waals surface area contributed by atoms with Crippen LogP contribution in [-0.4, -0.2) is 74.4 Å². The molecule has 0 aliphatic carbocycles. The van der Waals surface area contributed by atoms with Gasteiger partial charge in [0.25, 0.3) is 5.69 Å². The zero-order chi connectivity index (χ0) is 21.9. The second kappa shape index (κ2) is 11.8. The monoisotopic (exact) mass is 425 g/mol. The summed E-state index contributed by atoms with van der Waals surface area (Å²) in [6.07, 6.45) is 0.172. The molecule has 1 aromatic rings. The predicted molar refractivity (Wildman–Crippen MR) is 108 cm³/mol. The minimum Gasteiger partial charge on any atom is -0.491 e. The van der Waals surface area contributed by atoms with Crippen LogP contribution in [-0.2, 0) is 9.47 Å². The van der Waals surface area contributed by atoms with Gasteiger partial charge in [0, 0.05) is 37.8 Å². The fourth-order valence-electron chi connectivity index (χ4n) is 2.93. The van der Waals surface area contributed by atoms with E-state index in [1.807, 2.05) is 0 Å². The molecule has 0 spiro atoms. The van der Waals surface area contributed by atoms with E-state index < -0.39 is 16.9 Å². The standard InChI is InChI=1S/C18H27N5O7/c19-17(24)13-11-14(23(26)27)16(21-3-1-7-30-18(20)25)15(12-13)29-8-2-4-22-5-9-28-10-6-22/h11-12,21H,1-10H2,(H2,19,24)(H2,20,25). The van der Waals surface area contributed by atoms with Gasteiger partial charge >= 0.3 is 6.09 Å². The molecule has 12 heteroatoms. The number of nitrogens with zero attached hydrogens (tertiary/aromatic N) is 2. The molecule has 2 amide bonds. The van der Waals surface area contributed by atoms with Crippen molar-refractivity contribution >= 4 is 23.4 Å². The smallest absolute Gasteiger partial charge is 0.404 e. The normalized spacial score (nSPS) is 14.1. The van der Waals surface area contributed by atoms with Gasteiger partial charge in [-0.1, -0.05) is 0 Å². The van der Waals surface area contributed by atoms with Crippen LogP contribution in [0.2, 0.25) is 0 Å². The zero-order valence-electron chi connectivity index (χ0n) is 16.6. The van der Waals surface area contributed by atoms with Crippen LogP contribution < -0.4 is 21.5 Å². The Kier molecular flexibility index (Phi) is 9.09. The lowest BCUT2D eigenvalue weighted by Gasteiger charge is -2.26. The van der Waals surface area contributed by atoms with E-state index in [1.54, 1.807) is 0 Å². The molecule has 1 saturated heterocycles. The van der Waals surface area contributed by atoms with Gasteiger partial charge in [0.2, 0.25) is 5.91 Å². The Balaban J connectivity index is 2.05. The van der Waals surface area contributed by atoms with Gasteiger partial charge in [-0.25, -0.2) is 4.79 Å². The molecule has 30 heavy (non-hydrogen) atoms. The van der Waals surface area contributed by atoms with Crippen molar-refractivity contribution in [1.29, 1.82) is 0 Å². The quantitative estimate of drug-likeness (QED) is 0.247. The molecule has 1 fully saturated rings. The lowest BCUT2D eigenvalue weighted by molar-refractivity contribution is -0.384. The molecule has 1 heterocycles. The number of nitrogens with one attached hydrogen (secondary N) is 1. The molecule has 0 aromatic heterocycles. The van der Waals surface area contributed by atoms with Crippen molar-refractivity contribution in [2.24, 2.45) is 11.5 Å². The Labute approximate surface area is 173 Å². The Bertz CT molecular complexity index is 753. The van der Waals surface area contributed by atoms with Crippen LogP contribution in [0.4, 0.5) is 16.2 Å². The van der Waals surface area contributed by atoms with Crippen molar-refractivity contribution in [2.45, 2.75) is 12.8 Å². The van der Waals surface area contributed by atoms with E-state index in [-0.39, 0.29) is 35.8 Å². The molecule has 1 aliphatic heterocycles. The van der Waals surface area contributed by atoms with E-state index >= 15 is 0 Å². The van der Waals surface area contributed by atoms with Crippen LogP contribution in [0.3, 0.4) is 0 Å². The Hall–Kier alpha value is -3.12. The van der Waals surface area contributed by atoms with Crippen LogP contribution in [0.1, 0.15) is 23.2 Å². The van der Waals surface area contributed by atoms with Crippen LogP contribution in [0.5, 0.6) is 5.75 Å². The average molecular weight is 425 g/mol. The number of anilines is 1. The first-order chi connectivity index (χ1) is 14.4. The molecule has 0 atom stereocenters. The summed E-state index contributed by atoms with van der Waals surface area (Å²) in [7, 11) is 0. The lowest BCUT2D eigenvalue weighted by atomic mass is 10.1. The van der Waals surface area contributed by atoms with Gasteiger partial charge in [-0.3, -0.25) is 19.8 Å². The van der Waals surface area contributed by atoms with Gasteiger partial charge < -0.3 is 31.0 Å². The number of morpholine rings is 1. The van der Waals surface area contributed by atoms with Crippen LogP contribution >= 0.6 is 0 Å². The Morgan fingerprint density at radius 3 is 2.57 bits per heavy atom. The minimum absolute atomic E-state index is 0.0208. The fourth-order valence-corrected chi connectivity index (χ4v) is 2.93. The highest BCUT2D eigenvalue weighted by Crippen LogP contribution is 2.36. The third kappa shape index (κ3) is 7.37. The van der Waals surface area contributed by atoms with Crippen molar-refractivity contribution in [3.05, 3.63) is 27.8 Å². The van der Waals surface area contributed by atoms with Gasteiger partial charge in [0.05, 0.1) is 31.4 Å². The predicted octanol–water partition coefficient (Wildman–Crippen LogP) is 0.692. The third-order valence-corrected chi connectivity index (χ3v) is 4.41. The van der Waals surface area contributed by atoms with Crippen molar-refractivity contribution in [3.63, 3.8) is 0 Å². The number of hydrogen-bond donors (Lipinski definition) is 3. The summed E-state index contributed by atoms with van der Waals surface area (Å²) >= 11 is 0. The summed E-state index contributed by atoms with van der Waals surface area (Å²) in [5, 5.41) is 14.4. The molecular formula is C18H27N5O7. The highest BCUT2D eigenvalue weighted by Gasteiger charge is 2.22. The van der Waals surface area contributed by atoms with Gasteiger partial charge in [0.15, 0.2) is 5.69 Å². The number of nitro groups is 1. The number of carbonyl (C=O) groups excluding carboxylic acids is 2. The topological polar surface area (TPSA) is 172 Å². The van der Waals surface area contributed by atoms with Crippen molar-refractivity contribution in [3.8, 4) is 5.75 Å². The van der Waals surface area contributed by atoms with E-state index in [1.165, 1.54) is 6.07 Å². The number of nitro benzene ring substituents is 1. The average Bonchev–Trinajstić information content (AvgIpc) is 2.71. The molecule has 0 bridgehead atoms. The van der Waals surface area contributed by atoms with E-state index in [2.05, 4.69) is 15.0 Å². The maximum atomic E-state index is 11.6. The van der Waals surface area contributed by atoms with Crippen molar-refractivity contribution in [2.75, 3.05) is 57.9 Å². The summed E-state index contributed by atoms with van der Waals surface area (Å²) in [4.78, 5) is 35.3. The molecule has 1 aliphatic rings. The second-order valence-corrected chi connectivity index (χ2v) is 6.59. The van der Waals surface area contributed by atoms with E-state index in [9.17, 15) is 19.7 Å². The summed E-state index contributed by atoms with van der Waals surface area (Å²) in [6.45, 7) is 4.51. The molecule has 12 nitrogen and oxygen atoms in total. The Morgan fingerprint density at radius 2 is 1.93 bits per heavy atom. The minimum atomic E-state index is -0.893. The molecule has 0 saturated carbocycles. The number of nitrogens with two attached hydrogens (primary N) is 2. The molecule has 1 aromatic carbocycles. The first-order valence-corrected chi connectivity index (χ1v) is 9.59. The number of hydrogen-bond acceptors (Lipinski definition) is 9. The summed E-state index contributed by atoms with van der Waals surface area (Å²) < 4.78 is 15.7. The second-order valence-electron chi connectivity index (χ2n) is 6.59. The van der Waals surface area contributed by atoms with Gasteiger partial charge in [-0.15, -0.1) is 0 Å². The number of carbonyl (C=O) groups is 2. The number of ether oxygens (including phenoxy) is 3. The third-order valence-electron chi connectivity index (χ3n) is 4.41. The van der Waals surface area contributed by atoms with Gasteiger partial charge in [-0.05, 0) is 18.9 Å². The number of benzene rings is 1. The Morgan fingerprint density at radius 1 is 1.20 bits per heavy atom. The molecule has 2 rings (SSSR count).